The van der Waals surface area contributed by atoms with E-state index in [2.05, 4.69) is 0 Å². The first-order valence-electron chi connectivity index (χ1n) is 9.47. The number of rotatable bonds is 5. The molecule has 0 radical (unpaired) electrons. The van der Waals surface area contributed by atoms with Gasteiger partial charge in [-0.2, -0.15) is 0 Å². The van der Waals surface area contributed by atoms with Gasteiger partial charge in [0.1, 0.15) is 0 Å². The van der Waals surface area contributed by atoms with Gasteiger partial charge in [-0.15, -0.1) is 0 Å². The molecule has 1 atom stereocenters. The van der Waals surface area contributed by atoms with E-state index in [1.54, 1.807) is 47.4 Å². The van der Waals surface area contributed by atoms with Gasteiger partial charge >= 0.3 is 0 Å². The lowest BCUT2D eigenvalue weighted by Gasteiger charge is -2.23. The zero-order valence-corrected chi connectivity index (χ0v) is 16.1. The first kappa shape index (κ1) is 18.9. The molecule has 0 fully saturated rings. The summed E-state index contributed by atoms with van der Waals surface area (Å²) in [6, 6.07) is 21.5. The summed E-state index contributed by atoms with van der Waals surface area (Å²) < 4.78 is 0. The van der Waals surface area contributed by atoms with Gasteiger partial charge in [-0.05, 0) is 36.2 Å². The van der Waals surface area contributed by atoms with Gasteiger partial charge in [-0.25, -0.2) is 0 Å². The molecule has 3 aromatic carbocycles. The number of nitrogens with zero attached hydrogens (tertiary/aromatic N) is 1. The zero-order valence-electron chi connectivity index (χ0n) is 16.1. The molecule has 1 aliphatic rings. The molecule has 5 nitrogen and oxygen atoms in total. The molecule has 4 rings (SSSR count). The highest BCUT2D eigenvalue weighted by atomic mass is 16.3. The topological polar surface area (TPSA) is 83.6 Å². The second-order valence-corrected chi connectivity index (χ2v) is 7.42. The summed E-state index contributed by atoms with van der Waals surface area (Å²) in [7, 11) is 0. The van der Waals surface area contributed by atoms with Crippen molar-refractivity contribution in [1.29, 1.82) is 0 Å². The van der Waals surface area contributed by atoms with Crippen LogP contribution in [0, 0.1) is 6.92 Å². The van der Waals surface area contributed by atoms with Crippen LogP contribution in [0.1, 0.15) is 33.5 Å². The highest BCUT2D eigenvalue weighted by Gasteiger charge is 2.50. The van der Waals surface area contributed by atoms with Crippen molar-refractivity contribution in [1.82, 2.24) is 0 Å². The third kappa shape index (κ3) is 3.30. The molecule has 0 spiro atoms. The van der Waals surface area contributed by atoms with E-state index < -0.39 is 11.5 Å². The number of hydrogen-bond donors (Lipinski definition) is 2. The number of amides is 1. The van der Waals surface area contributed by atoms with Crippen LogP contribution in [0.25, 0.3) is 0 Å². The Morgan fingerprint density at radius 3 is 2.52 bits per heavy atom. The molecule has 3 aromatic rings. The van der Waals surface area contributed by atoms with E-state index in [9.17, 15) is 14.7 Å². The van der Waals surface area contributed by atoms with Crippen molar-refractivity contribution in [3.8, 4) is 0 Å². The van der Waals surface area contributed by atoms with Crippen LogP contribution in [-0.2, 0) is 16.9 Å². The monoisotopic (exact) mass is 386 g/mol. The van der Waals surface area contributed by atoms with E-state index in [0.717, 1.165) is 11.1 Å². The Morgan fingerprint density at radius 2 is 1.76 bits per heavy atom. The lowest BCUT2D eigenvalue weighted by Crippen LogP contribution is -2.41. The molecule has 0 saturated heterocycles. The van der Waals surface area contributed by atoms with Crippen LogP contribution in [-0.4, -0.2) is 16.8 Å². The molecule has 1 aliphatic heterocycles. The van der Waals surface area contributed by atoms with E-state index in [-0.39, 0.29) is 12.2 Å². The second kappa shape index (κ2) is 7.18. The van der Waals surface area contributed by atoms with E-state index in [0.29, 0.717) is 29.0 Å². The molecular weight excluding hydrogens is 364 g/mol. The van der Waals surface area contributed by atoms with Crippen LogP contribution < -0.4 is 10.6 Å². The molecule has 5 heteroatoms. The van der Waals surface area contributed by atoms with Crippen molar-refractivity contribution in [3.63, 3.8) is 0 Å². The van der Waals surface area contributed by atoms with Crippen molar-refractivity contribution in [2.75, 3.05) is 10.6 Å². The van der Waals surface area contributed by atoms with E-state index in [1.807, 2.05) is 37.3 Å². The molecule has 146 valence electrons. The smallest absolute Gasteiger partial charge is 0.264 e. The number of hydrogen-bond acceptors (Lipinski definition) is 4. The van der Waals surface area contributed by atoms with Crippen LogP contribution in [0.4, 0.5) is 11.4 Å². The number of anilines is 2. The molecule has 0 aromatic heterocycles. The van der Waals surface area contributed by atoms with Crippen LogP contribution in [0.15, 0.2) is 72.8 Å². The predicted molar refractivity (Wildman–Crippen MR) is 113 cm³/mol. The fourth-order valence-corrected chi connectivity index (χ4v) is 3.84. The normalized spacial score (nSPS) is 18.0. The molecule has 1 amide bonds. The molecular formula is C24H22N2O3. The maximum Gasteiger partial charge on any atom is 0.264 e. The van der Waals surface area contributed by atoms with E-state index >= 15 is 0 Å². The van der Waals surface area contributed by atoms with Gasteiger partial charge in [-0.1, -0.05) is 54.6 Å². The number of fused-ring (bicyclic) bond motifs is 1. The standard InChI is InChI=1S/C24H22N2O3/c1-16-7-2-3-8-18(16)15-26-21-12-5-4-11-20(21)24(29,23(26)28)14-22(27)17-9-6-10-19(25)13-17/h2-13,29H,14-15,25H2,1H3. The van der Waals surface area contributed by atoms with Crippen LogP contribution in [0.3, 0.4) is 0 Å². The number of nitrogen functional groups attached to an aromatic ring is 1. The fourth-order valence-electron chi connectivity index (χ4n) is 3.84. The first-order chi connectivity index (χ1) is 13.9. The number of Topliss-reactive ketones (excluding diaryl/α,β-unsaturated/α-hetero) is 1. The van der Waals surface area contributed by atoms with E-state index in [4.69, 9.17) is 5.73 Å². The van der Waals surface area contributed by atoms with Crippen molar-refractivity contribution < 1.29 is 14.7 Å². The molecule has 0 aliphatic carbocycles. The van der Waals surface area contributed by atoms with Gasteiger partial charge in [0.25, 0.3) is 5.91 Å². The average molecular weight is 386 g/mol. The molecule has 29 heavy (non-hydrogen) atoms. The second-order valence-electron chi connectivity index (χ2n) is 7.42. The van der Waals surface area contributed by atoms with E-state index in [1.165, 1.54) is 0 Å². The van der Waals surface area contributed by atoms with Gasteiger partial charge < -0.3 is 15.7 Å². The summed E-state index contributed by atoms with van der Waals surface area (Å²) in [6.45, 7) is 2.31. The summed E-state index contributed by atoms with van der Waals surface area (Å²) in [5.74, 6) is -0.820. The molecule has 0 saturated carbocycles. The molecule has 3 N–H and O–H groups in total. The summed E-state index contributed by atoms with van der Waals surface area (Å²) in [4.78, 5) is 27.7. The summed E-state index contributed by atoms with van der Waals surface area (Å²) in [5, 5.41) is 11.4. The Bertz CT molecular complexity index is 1110. The quantitative estimate of drug-likeness (QED) is 0.519. The minimum Gasteiger partial charge on any atom is -0.399 e. The van der Waals surface area contributed by atoms with Gasteiger partial charge in [0.2, 0.25) is 0 Å². The van der Waals surface area contributed by atoms with Crippen molar-refractivity contribution in [2.45, 2.75) is 25.5 Å². The average Bonchev–Trinajstić information content (AvgIpc) is 2.92. The summed E-state index contributed by atoms with van der Waals surface area (Å²) in [5.41, 5.74) is 7.84. The van der Waals surface area contributed by atoms with Gasteiger partial charge in [0.15, 0.2) is 11.4 Å². The number of carbonyl (C=O) groups is 2. The van der Waals surface area contributed by atoms with Crippen molar-refractivity contribution in [2.24, 2.45) is 0 Å². The molecule has 1 heterocycles. The van der Waals surface area contributed by atoms with Crippen LogP contribution in [0.2, 0.25) is 0 Å². The largest absolute Gasteiger partial charge is 0.399 e. The zero-order chi connectivity index (χ0) is 20.6. The van der Waals surface area contributed by atoms with Gasteiger partial charge in [-0.3, -0.25) is 9.59 Å². The maximum atomic E-state index is 13.3. The highest BCUT2D eigenvalue weighted by molar-refractivity contribution is 6.10. The minimum atomic E-state index is -1.90. The van der Waals surface area contributed by atoms with Gasteiger partial charge in [0.05, 0.1) is 18.7 Å². The molecule has 0 bridgehead atoms. The Hall–Kier alpha value is -3.44. The Morgan fingerprint density at radius 1 is 1.03 bits per heavy atom. The number of nitrogens with two attached hydrogens (primary N) is 1. The number of benzene rings is 3. The fraction of sp³-hybridized carbons (Fsp3) is 0.167. The summed E-state index contributed by atoms with van der Waals surface area (Å²) in [6.07, 6.45) is -0.337. The lowest BCUT2D eigenvalue weighted by atomic mass is 9.88. The highest BCUT2D eigenvalue weighted by Crippen LogP contribution is 2.43. The number of carbonyl (C=O) groups excluding carboxylic acids is 2. The first-order valence-corrected chi connectivity index (χ1v) is 9.47. The number of aliphatic hydroxyl groups is 1. The van der Waals surface area contributed by atoms with Crippen LogP contribution in [0.5, 0.6) is 0 Å². The summed E-state index contributed by atoms with van der Waals surface area (Å²) >= 11 is 0. The Labute approximate surface area is 169 Å². The lowest BCUT2D eigenvalue weighted by molar-refractivity contribution is -0.136. The third-order valence-electron chi connectivity index (χ3n) is 5.45. The predicted octanol–water partition coefficient (Wildman–Crippen LogP) is 3.58. The van der Waals surface area contributed by atoms with Gasteiger partial charge in [0, 0.05) is 16.8 Å². The Balaban J connectivity index is 1.70. The maximum absolute atomic E-state index is 13.3. The van der Waals surface area contributed by atoms with Crippen molar-refractivity contribution >= 4 is 23.1 Å². The number of aryl methyl sites for hydroxylation is 1. The number of ketones is 1. The third-order valence-corrected chi connectivity index (χ3v) is 5.45. The minimum absolute atomic E-state index is 0.331. The SMILES string of the molecule is Cc1ccccc1CN1C(=O)C(O)(CC(=O)c2cccc(N)c2)c2ccccc21. The van der Waals surface area contributed by atoms with Crippen molar-refractivity contribution in [3.05, 3.63) is 95.1 Å². The number of para-hydroxylation sites is 1. The molecule has 1 unspecified atom stereocenters. The van der Waals surface area contributed by atoms with Crippen LogP contribution >= 0.6 is 0 Å². The Kier molecular flexibility index (Phi) is 4.68.